The quantitative estimate of drug-likeness (QED) is 0.684. The molecule has 0 aliphatic rings. The zero-order chi connectivity index (χ0) is 14.8. The first-order valence-corrected chi connectivity index (χ1v) is 7.21. The number of nitro benzene ring substituents is 1. The second-order valence-electron chi connectivity index (χ2n) is 4.19. The number of benzene rings is 2. The summed E-state index contributed by atoms with van der Waals surface area (Å²) in [6, 6.07) is 11.8. The predicted molar refractivity (Wildman–Crippen MR) is 78.7 cm³/mol. The van der Waals surface area contributed by atoms with E-state index in [1.54, 1.807) is 12.1 Å². The van der Waals surface area contributed by atoms with Gasteiger partial charge in [-0.05, 0) is 25.1 Å². The first-order valence-electron chi connectivity index (χ1n) is 5.73. The Hall–Kier alpha value is -2.45. The first kappa shape index (κ1) is 16.6. The molecule has 7 nitrogen and oxygen atoms in total. The number of aryl methyl sites for hydroxylation is 1. The molecule has 112 valence electrons. The molecule has 0 spiro atoms. The Bertz CT molecular complexity index is 741. The molecule has 0 atom stereocenters. The number of hydrogen-bond donors (Lipinski definition) is 1. The van der Waals surface area contributed by atoms with Crippen LogP contribution in [0.5, 0.6) is 0 Å². The Labute approximate surface area is 121 Å². The fourth-order valence-corrected chi connectivity index (χ4v) is 2.71. The number of para-hydroxylation sites is 2. The van der Waals surface area contributed by atoms with Crippen molar-refractivity contribution in [1.29, 1.82) is 0 Å². The number of nitrogens with zero attached hydrogens (tertiary/aromatic N) is 1. The van der Waals surface area contributed by atoms with Crippen molar-refractivity contribution in [3.8, 4) is 0 Å². The number of anilines is 1. The zero-order valence-electron chi connectivity index (χ0n) is 11.1. The Morgan fingerprint density at radius 2 is 1.62 bits per heavy atom. The van der Waals surface area contributed by atoms with Crippen molar-refractivity contribution in [2.75, 3.05) is 4.72 Å². The third kappa shape index (κ3) is 3.77. The fourth-order valence-electron chi connectivity index (χ4n) is 1.64. The highest BCUT2D eigenvalue weighted by Crippen LogP contribution is 2.26. The third-order valence-corrected chi connectivity index (χ3v) is 4.06. The molecule has 0 aliphatic carbocycles. The van der Waals surface area contributed by atoms with Crippen molar-refractivity contribution in [1.82, 2.24) is 0 Å². The van der Waals surface area contributed by atoms with Gasteiger partial charge in [-0.3, -0.25) is 14.8 Å². The number of nitro groups is 1. The standard InChI is InChI=1S/C13H12N2O4S.H2O/c1-10-6-8-11(9-7-10)20(18,19)14-12-4-2-3-5-13(12)15(16)17;/h2-9,14H,1H3;1H2. The van der Waals surface area contributed by atoms with Crippen molar-refractivity contribution in [3.05, 3.63) is 64.2 Å². The van der Waals surface area contributed by atoms with Gasteiger partial charge in [0.15, 0.2) is 0 Å². The van der Waals surface area contributed by atoms with Crippen LogP contribution in [-0.2, 0) is 10.0 Å². The molecule has 2 rings (SSSR count). The molecule has 3 N–H and O–H groups in total. The second-order valence-corrected chi connectivity index (χ2v) is 5.88. The van der Waals surface area contributed by atoms with E-state index in [0.29, 0.717) is 0 Å². The molecule has 8 heteroatoms. The summed E-state index contributed by atoms with van der Waals surface area (Å²) in [4.78, 5) is 10.3. The van der Waals surface area contributed by atoms with E-state index in [-0.39, 0.29) is 21.7 Å². The summed E-state index contributed by atoms with van der Waals surface area (Å²) in [6.07, 6.45) is 0. The lowest BCUT2D eigenvalue weighted by Gasteiger charge is -2.08. The fraction of sp³-hybridized carbons (Fsp3) is 0.0769. The van der Waals surface area contributed by atoms with Gasteiger partial charge in [-0.15, -0.1) is 0 Å². The molecule has 2 aromatic carbocycles. The van der Waals surface area contributed by atoms with E-state index < -0.39 is 14.9 Å². The lowest BCUT2D eigenvalue weighted by Crippen LogP contribution is -2.14. The van der Waals surface area contributed by atoms with Crippen molar-refractivity contribution < 1.29 is 18.8 Å². The molecule has 0 radical (unpaired) electrons. The molecule has 0 aromatic heterocycles. The van der Waals surface area contributed by atoms with E-state index in [1.807, 2.05) is 6.92 Å². The van der Waals surface area contributed by atoms with Crippen LogP contribution in [0.15, 0.2) is 53.4 Å². The monoisotopic (exact) mass is 310 g/mol. The molecule has 2 aromatic rings. The van der Waals surface area contributed by atoms with E-state index in [4.69, 9.17) is 0 Å². The molecular weight excluding hydrogens is 296 g/mol. The predicted octanol–water partition coefficient (Wildman–Crippen LogP) is 1.88. The third-order valence-electron chi connectivity index (χ3n) is 2.68. The summed E-state index contributed by atoms with van der Waals surface area (Å²) in [6.45, 7) is 1.84. The Morgan fingerprint density at radius 1 is 1.05 bits per heavy atom. The summed E-state index contributed by atoms with van der Waals surface area (Å²) >= 11 is 0. The summed E-state index contributed by atoms with van der Waals surface area (Å²) in [5.41, 5.74) is 0.580. The minimum Gasteiger partial charge on any atom is -0.412 e. The van der Waals surface area contributed by atoms with Gasteiger partial charge in [-0.1, -0.05) is 29.8 Å². The maximum absolute atomic E-state index is 12.2. The van der Waals surface area contributed by atoms with E-state index in [9.17, 15) is 18.5 Å². The van der Waals surface area contributed by atoms with Crippen LogP contribution in [0.3, 0.4) is 0 Å². The van der Waals surface area contributed by atoms with Crippen LogP contribution in [0.25, 0.3) is 0 Å². The average molecular weight is 310 g/mol. The van der Waals surface area contributed by atoms with Gasteiger partial charge >= 0.3 is 0 Å². The van der Waals surface area contributed by atoms with Gasteiger partial charge in [0.2, 0.25) is 0 Å². The van der Waals surface area contributed by atoms with Crippen molar-refractivity contribution in [3.63, 3.8) is 0 Å². The molecule has 21 heavy (non-hydrogen) atoms. The summed E-state index contributed by atoms with van der Waals surface area (Å²) in [7, 11) is -3.84. The van der Waals surface area contributed by atoms with Crippen LogP contribution in [0.2, 0.25) is 0 Å². The molecule has 0 saturated carbocycles. The van der Waals surface area contributed by atoms with Gasteiger partial charge in [-0.25, -0.2) is 8.42 Å². The molecule has 0 unspecified atom stereocenters. The number of sulfonamides is 1. The van der Waals surface area contributed by atoms with Crippen LogP contribution in [0.1, 0.15) is 5.56 Å². The maximum Gasteiger partial charge on any atom is 0.293 e. The Balaban J connectivity index is 0.00000220. The summed E-state index contributed by atoms with van der Waals surface area (Å²) < 4.78 is 26.5. The van der Waals surface area contributed by atoms with Crippen LogP contribution in [0, 0.1) is 17.0 Å². The van der Waals surface area contributed by atoms with Crippen LogP contribution < -0.4 is 4.72 Å². The SMILES string of the molecule is Cc1ccc(S(=O)(=O)Nc2ccccc2[N+](=O)[O-])cc1.O. The minimum absolute atomic E-state index is 0. The van der Waals surface area contributed by atoms with Crippen molar-refractivity contribution in [2.45, 2.75) is 11.8 Å². The molecule has 0 aliphatic heterocycles. The molecule has 0 bridgehead atoms. The lowest BCUT2D eigenvalue weighted by atomic mass is 10.2. The van der Waals surface area contributed by atoms with Crippen LogP contribution in [0.4, 0.5) is 11.4 Å². The van der Waals surface area contributed by atoms with Gasteiger partial charge in [0.25, 0.3) is 15.7 Å². The van der Waals surface area contributed by atoms with Crippen LogP contribution in [-0.4, -0.2) is 18.8 Å². The summed E-state index contributed by atoms with van der Waals surface area (Å²) in [5.74, 6) is 0. The first-order chi connectivity index (χ1) is 9.40. The Kier molecular flexibility index (Phi) is 5.01. The molecular formula is C13H14N2O5S. The topological polar surface area (TPSA) is 121 Å². The minimum atomic E-state index is -3.84. The Morgan fingerprint density at radius 3 is 2.19 bits per heavy atom. The van der Waals surface area contributed by atoms with Gasteiger partial charge in [0.05, 0.1) is 9.82 Å². The van der Waals surface area contributed by atoms with Crippen molar-refractivity contribution >= 4 is 21.4 Å². The van der Waals surface area contributed by atoms with E-state index >= 15 is 0 Å². The van der Waals surface area contributed by atoms with Gasteiger partial charge in [0, 0.05) is 6.07 Å². The molecule has 0 saturated heterocycles. The molecule has 0 heterocycles. The highest BCUT2D eigenvalue weighted by atomic mass is 32.2. The van der Waals surface area contributed by atoms with Gasteiger partial charge in [-0.2, -0.15) is 0 Å². The number of nitrogens with one attached hydrogen (secondary N) is 1. The normalized spacial score (nSPS) is 10.5. The maximum atomic E-state index is 12.2. The highest BCUT2D eigenvalue weighted by molar-refractivity contribution is 7.92. The van der Waals surface area contributed by atoms with E-state index in [0.717, 1.165) is 5.56 Å². The number of hydrogen-bond acceptors (Lipinski definition) is 4. The average Bonchev–Trinajstić information content (AvgIpc) is 2.39. The molecule has 0 amide bonds. The van der Waals surface area contributed by atoms with Crippen LogP contribution >= 0.6 is 0 Å². The largest absolute Gasteiger partial charge is 0.412 e. The summed E-state index contributed by atoms with van der Waals surface area (Å²) in [5, 5.41) is 10.9. The van der Waals surface area contributed by atoms with E-state index in [1.165, 1.54) is 36.4 Å². The van der Waals surface area contributed by atoms with Gasteiger partial charge < -0.3 is 5.48 Å². The van der Waals surface area contributed by atoms with Gasteiger partial charge in [0.1, 0.15) is 5.69 Å². The van der Waals surface area contributed by atoms with Crippen molar-refractivity contribution in [2.24, 2.45) is 0 Å². The second kappa shape index (κ2) is 6.33. The zero-order valence-corrected chi connectivity index (χ0v) is 11.9. The smallest absolute Gasteiger partial charge is 0.293 e. The molecule has 0 fully saturated rings. The number of rotatable bonds is 4. The lowest BCUT2D eigenvalue weighted by molar-refractivity contribution is -0.383. The van der Waals surface area contributed by atoms with E-state index in [2.05, 4.69) is 4.72 Å². The highest BCUT2D eigenvalue weighted by Gasteiger charge is 2.19.